The van der Waals surface area contributed by atoms with Gasteiger partial charge >= 0.3 is 0 Å². The standard InChI is InChI=1S/C16H15BrClNO3S/c1-2-9-23(21,22)15-6-4-3-5-12(15)16(20)19-14-8-7-11(17)10-13(14)18/h3-8,10H,2,9H2,1H3,(H,19,20). The average molecular weight is 417 g/mol. The van der Waals surface area contributed by atoms with E-state index in [9.17, 15) is 13.2 Å². The zero-order chi connectivity index (χ0) is 17.0. The second-order valence-corrected chi connectivity index (χ2v) is 8.29. The van der Waals surface area contributed by atoms with Crippen LogP contribution in [-0.4, -0.2) is 20.1 Å². The molecule has 0 aliphatic heterocycles. The molecule has 122 valence electrons. The van der Waals surface area contributed by atoms with E-state index in [1.807, 2.05) is 0 Å². The van der Waals surface area contributed by atoms with Crippen molar-refractivity contribution in [1.82, 2.24) is 0 Å². The van der Waals surface area contributed by atoms with Crippen LogP contribution in [0.4, 0.5) is 5.69 Å². The molecule has 1 N–H and O–H groups in total. The van der Waals surface area contributed by atoms with Crippen molar-refractivity contribution in [1.29, 1.82) is 0 Å². The molecule has 0 fully saturated rings. The highest BCUT2D eigenvalue weighted by atomic mass is 79.9. The highest BCUT2D eigenvalue weighted by molar-refractivity contribution is 9.10. The van der Waals surface area contributed by atoms with Gasteiger partial charge < -0.3 is 5.32 Å². The predicted octanol–water partition coefficient (Wildman–Crippen LogP) is 4.54. The molecule has 0 aromatic heterocycles. The average Bonchev–Trinajstić information content (AvgIpc) is 2.50. The minimum absolute atomic E-state index is 0.00364. The molecule has 0 aliphatic rings. The normalized spacial score (nSPS) is 11.3. The van der Waals surface area contributed by atoms with Crippen molar-refractivity contribution >= 4 is 49.0 Å². The van der Waals surface area contributed by atoms with E-state index in [0.29, 0.717) is 17.1 Å². The fourth-order valence-corrected chi connectivity index (χ4v) is 4.34. The molecule has 2 aromatic carbocycles. The minimum atomic E-state index is -3.50. The quantitative estimate of drug-likeness (QED) is 0.778. The van der Waals surface area contributed by atoms with Gasteiger partial charge in [0, 0.05) is 4.47 Å². The lowest BCUT2D eigenvalue weighted by atomic mass is 10.2. The summed E-state index contributed by atoms with van der Waals surface area (Å²) < 4.78 is 25.4. The van der Waals surface area contributed by atoms with Crippen molar-refractivity contribution in [3.8, 4) is 0 Å². The zero-order valence-corrected chi connectivity index (χ0v) is 15.5. The van der Waals surface area contributed by atoms with Crippen LogP contribution in [0.5, 0.6) is 0 Å². The van der Waals surface area contributed by atoms with E-state index >= 15 is 0 Å². The Morgan fingerprint density at radius 2 is 1.91 bits per heavy atom. The van der Waals surface area contributed by atoms with Crippen LogP contribution >= 0.6 is 27.5 Å². The van der Waals surface area contributed by atoms with Gasteiger partial charge in [-0.1, -0.05) is 46.6 Å². The highest BCUT2D eigenvalue weighted by Crippen LogP contribution is 2.27. The first kappa shape index (κ1) is 18.0. The molecule has 0 spiro atoms. The molecule has 23 heavy (non-hydrogen) atoms. The molecule has 0 saturated heterocycles. The van der Waals surface area contributed by atoms with Crippen LogP contribution in [0.1, 0.15) is 23.7 Å². The van der Waals surface area contributed by atoms with Gasteiger partial charge in [0.05, 0.1) is 26.9 Å². The van der Waals surface area contributed by atoms with E-state index in [1.165, 1.54) is 12.1 Å². The number of amides is 1. The first-order valence-corrected chi connectivity index (χ1v) is 9.75. The lowest BCUT2D eigenvalue weighted by Crippen LogP contribution is -2.18. The fraction of sp³-hybridized carbons (Fsp3) is 0.188. The summed E-state index contributed by atoms with van der Waals surface area (Å²) >= 11 is 9.36. The smallest absolute Gasteiger partial charge is 0.257 e. The van der Waals surface area contributed by atoms with Crippen LogP contribution in [0.3, 0.4) is 0 Å². The van der Waals surface area contributed by atoms with Crippen molar-refractivity contribution in [2.75, 3.05) is 11.1 Å². The maximum absolute atomic E-state index is 12.5. The van der Waals surface area contributed by atoms with Gasteiger partial charge in [-0.25, -0.2) is 8.42 Å². The first-order valence-electron chi connectivity index (χ1n) is 6.93. The summed E-state index contributed by atoms with van der Waals surface area (Å²) in [4.78, 5) is 12.5. The second-order valence-electron chi connectivity index (χ2n) is 4.89. The first-order chi connectivity index (χ1) is 10.8. The highest BCUT2D eigenvalue weighted by Gasteiger charge is 2.21. The molecule has 0 radical (unpaired) electrons. The number of benzene rings is 2. The number of sulfone groups is 1. The van der Waals surface area contributed by atoms with Gasteiger partial charge in [-0.3, -0.25) is 4.79 Å². The Labute approximate surface area is 148 Å². The molecular formula is C16H15BrClNO3S. The molecule has 0 atom stereocenters. The Kier molecular flexibility index (Phi) is 5.84. The second kappa shape index (κ2) is 7.47. The summed E-state index contributed by atoms with van der Waals surface area (Å²) in [5.41, 5.74) is 0.530. The Bertz CT molecular complexity index is 837. The minimum Gasteiger partial charge on any atom is -0.321 e. The third-order valence-electron chi connectivity index (χ3n) is 3.12. The van der Waals surface area contributed by atoms with E-state index in [-0.39, 0.29) is 16.2 Å². The van der Waals surface area contributed by atoms with E-state index in [1.54, 1.807) is 37.3 Å². The Hall–Kier alpha value is -1.37. The molecule has 0 heterocycles. The zero-order valence-electron chi connectivity index (χ0n) is 12.3. The monoisotopic (exact) mass is 415 g/mol. The number of carbonyl (C=O) groups is 1. The number of hydrogen-bond donors (Lipinski definition) is 1. The summed E-state index contributed by atoms with van der Waals surface area (Å²) in [6.07, 6.45) is 0.483. The van der Waals surface area contributed by atoms with E-state index in [4.69, 9.17) is 11.6 Å². The summed E-state index contributed by atoms with van der Waals surface area (Å²) in [5, 5.41) is 3.01. The van der Waals surface area contributed by atoms with Crippen LogP contribution in [0.15, 0.2) is 51.8 Å². The van der Waals surface area contributed by atoms with Crippen molar-refractivity contribution < 1.29 is 13.2 Å². The van der Waals surface area contributed by atoms with Crippen LogP contribution in [0.25, 0.3) is 0 Å². The van der Waals surface area contributed by atoms with Crippen LogP contribution in [-0.2, 0) is 9.84 Å². The molecule has 1 amide bonds. The van der Waals surface area contributed by atoms with Crippen molar-refractivity contribution in [2.45, 2.75) is 18.2 Å². The number of hydrogen-bond acceptors (Lipinski definition) is 3. The Morgan fingerprint density at radius 3 is 2.57 bits per heavy atom. The maximum Gasteiger partial charge on any atom is 0.257 e. The van der Waals surface area contributed by atoms with Crippen LogP contribution < -0.4 is 5.32 Å². The lowest BCUT2D eigenvalue weighted by Gasteiger charge is -2.11. The lowest BCUT2D eigenvalue weighted by molar-refractivity contribution is 0.102. The van der Waals surface area contributed by atoms with E-state index in [0.717, 1.165) is 4.47 Å². The molecule has 2 aromatic rings. The van der Waals surface area contributed by atoms with Gasteiger partial charge in [0.2, 0.25) is 0 Å². The maximum atomic E-state index is 12.5. The molecule has 7 heteroatoms. The molecular weight excluding hydrogens is 402 g/mol. The third-order valence-corrected chi connectivity index (χ3v) is 5.90. The topological polar surface area (TPSA) is 63.2 Å². The molecule has 0 aliphatic carbocycles. The molecule has 0 unspecified atom stereocenters. The molecule has 0 saturated carbocycles. The van der Waals surface area contributed by atoms with Crippen LogP contribution in [0, 0.1) is 0 Å². The number of nitrogens with one attached hydrogen (secondary N) is 1. The van der Waals surface area contributed by atoms with Crippen LogP contribution in [0.2, 0.25) is 5.02 Å². The van der Waals surface area contributed by atoms with Gasteiger partial charge in [0.25, 0.3) is 5.91 Å². The van der Waals surface area contributed by atoms with Gasteiger partial charge in [-0.15, -0.1) is 0 Å². The largest absolute Gasteiger partial charge is 0.321 e. The van der Waals surface area contributed by atoms with Gasteiger partial charge in [-0.2, -0.15) is 0 Å². The van der Waals surface area contributed by atoms with Gasteiger partial charge in [0.1, 0.15) is 0 Å². The third kappa shape index (κ3) is 4.34. The Morgan fingerprint density at radius 1 is 1.22 bits per heavy atom. The summed E-state index contributed by atoms with van der Waals surface area (Å²) in [5.74, 6) is -0.513. The van der Waals surface area contributed by atoms with E-state index < -0.39 is 15.7 Å². The number of rotatable bonds is 5. The predicted molar refractivity (Wildman–Crippen MR) is 95.9 cm³/mol. The van der Waals surface area contributed by atoms with Crippen molar-refractivity contribution in [2.24, 2.45) is 0 Å². The fourth-order valence-electron chi connectivity index (χ4n) is 2.08. The summed E-state index contributed by atoms with van der Waals surface area (Å²) in [6, 6.07) is 11.2. The van der Waals surface area contributed by atoms with Crippen molar-refractivity contribution in [3.05, 3.63) is 57.5 Å². The summed E-state index contributed by atoms with van der Waals surface area (Å²) in [6.45, 7) is 1.78. The molecule has 4 nitrogen and oxygen atoms in total. The van der Waals surface area contributed by atoms with Gasteiger partial charge in [-0.05, 0) is 36.8 Å². The van der Waals surface area contributed by atoms with Crippen molar-refractivity contribution in [3.63, 3.8) is 0 Å². The van der Waals surface area contributed by atoms with Gasteiger partial charge in [0.15, 0.2) is 9.84 Å². The molecule has 2 rings (SSSR count). The van der Waals surface area contributed by atoms with E-state index in [2.05, 4.69) is 21.2 Å². The summed E-state index contributed by atoms with van der Waals surface area (Å²) in [7, 11) is -3.50. The number of carbonyl (C=O) groups excluding carboxylic acids is 1. The number of halogens is 2. The molecule has 0 bridgehead atoms. The number of anilines is 1. The Balaban J connectivity index is 2.37. The SMILES string of the molecule is CCCS(=O)(=O)c1ccccc1C(=O)Nc1ccc(Br)cc1Cl.